The highest BCUT2D eigenvalue weighted by molar-refractivity contribution is 7.92. The molecule has 3 unspecified atom stereocenters. The second-order valence-corrected chi connectivity index (χ2v) is 12.8. The van der Waals surface area contributed by atoms with Crippen LogP contribution < -0.4 is 5.32 Å². The van der Waals surface area contributed by atoms with Crippen molar-refractivity contribution in [3.05, 3.63) is 47.9 Å². The minimum atomic E-state index is -3.37. The molecule has 4 atom stereocenters. The van der Waals surface area contributed by atoms with E-state index in [2.05, 4.69) is 15.3 Å². The number of sulfone groups is 1. The number of ether oxygens (including phenoxy) is 2. The van der Waals surface area contributed by atoms with Crippen LogP contribution in [0, 0.1) is 5.92 Å². The van der Waals surface area contributed by atoms with Crippen molar-refractivity contribution in [3.8, 4) is 0 Å². The van der Waals surface area contributed by atoms with Crippen molar-refractivity contribution in [2.75, 3.05) is 11.9 Å². The van der Waals surface area contributed by atoms with Crippen LogP contribution in [-0.2, 0) is 24.1 Å². The van der Waals surface area contributed by atoms with Gasteiger partial charge in [-0.2, -0.15) is 0 Å². The lowest BCUT2D eigenvalue weighted by molar-refractivity contribution is -0.139. The first-order chi connectivity index (χ1) is 17.5. The van der Waals surface area contributed by atoms with Crippen molar-refractivity contribution >= 4 is 21.6 Å². The highest BCUT2D eigenvalue weighted by atomic mass is 32.2. The third-order valence-electron chi connectivity index (χ3n) is 7.23. The van der Waals surface area contributed by atoms with Gasteiger partial charge in [0.25, 0.3) is 0 Å². The van der Waals surface area contributed by atoms with Crippen LogP contribution in [0.2, 0.25) is 0 Å². The maximum Gasteiger partial charge on any atom is 0.233 e. The lowest BCUT2D eigenvalue weighted by atomic mass is 9.87. The SMILES string of the molecule is CC1(C)OCC(c2cnc(NC(=O)[C@H](CC3CC(F)C(F)C3)c3ccc(S(=O)(=O)C4CC4)cc3)cn2)O1. The van der Waals surface area contributed by atoms with Crippen LogP contribution in [-0.4, -0.2) is 54.3 Å². The van der Waals surface area contributed by atoms with Gasteiger partial charge in [0.1, 0.15) is 18.4 Å². The molecule has 37 heavy (non-hydrogen) atoms. The average Bonchev–Trinajstić information content (AvgIpc) is 3.60. The highest BCUT2D eigenvalue weighted by Crippen LogP contribution is 2.39. The van der Waals surface area contributed by atoms with Gasteiger partial charge in [0.15, 0.2) is 21.4 Å². The number of halogens is 2. The maximum atomic E-state index is 13.9. The number of alkyl halides is 2. The van der Waals surface area contributed by atoms with Gasteiger partial charge in [-0.1, -0.05) is 12.1 Å². The van der Waals surface area contributed by atoms with Gasteiger partial charge < -0.3 is 14.8 Å². The van der Waals surface area contributed by atoms with E-state index < -0.39 is 39.8 Å². The number of aromatic nitrogens is 2. The molecule has 0 spiro atoms. The Morgan fingerprint density at radius 1 is 1.11 bits per heavy atom. The number of hydrogen-bond acceptors (Lipinski definition) is 7. The fourth-order valence-electron chi connectivity index (χ4n) is 5.02. The predicted octanol–water partition coefficient (Wildman–Crippen LogP) is 4.44. The zero-order valence-electron chi connectivity index (χ0n) is 20.8. The zero-order valence-corrected chi connectivity index (χ0v) is 21.6. The van der Waals surface area contributed by atoms with Crippen molar-refractivity contribution in [2.24, 2.45) is 5.92 Å². The summed E-state index contributed by atoms with van der Waals surface area (Å²) in [6, 6.07) is 6.24. The standard InChI is InChI=1S/C26H31F2N3O5S/c1-26(2)35-14-23(36-26)22-12-30-24(13-29-22)31-25(32)19(9-15-10-20(27)21(28)11-15)16-3-5-17(6-4-16)37(33,34)18-7-8-18/h3-6,12-13,15,18-21,23H,7-11,14H2,1-2H3,(H,30,31,32)/t15?,19-,20?,21?,23?/m1/s1. The molecule has 2 heterocycles. The van der Waals surface area contributed by atoms with Crippen LogP contribution in [0.15, 0.2) is 41.6 Å². The lowest BCUT2D eigenvalue weighted by Crippen LogP contribution is -2.24. The summed E-state index contributed by atoms with van der Waals surface area (Å²) in [7, 11) is -3.37. The van der Waals surface area contributed by atoms with E-state index in [-0.39, 0.29) is 47.2 Å². The fourth-order valence-corrected chi connectivity index (χ4v) is 6.68. The van der Waals surface area contributed by atoms with Crippen molar-refractivity contribution in [2.45, 2.75) is 86.2 Å². The number of amides is 1. The van der Waals surface area contributed by atoms with E-state index in [0.717, 1.165) is 0 Å². The van der Waals surface area contributed by atoms with Gasteiger partial charge in [-0.25, -0.2) is 22.2 Å². The van der Waals surface area contributed by atoms with Crippen LogP contribution in [0.3, 0.4) is 0 Å². The van der Waals surface area contributed by atoms with Crippen molar-refractivity contribution < 1.29 is 31.5 Å². The topological polar surface area (TPSA) is 107 Å². The minimum Gasteiger partial charge on any atom is -0.347 e. The van der Waals surface area contributed by atoms with Gasteiger partial charge in [0.05, 0.1) is 40.8 Å². The minimum absolute atomic E-state index is 0.0490. The first kappa shape index (κ1) is 26.1. The Morgan fingerprint density at radius 3 is 2.32 bits per heavy atom. The fraction of sp³-hybridized carbons (Fsp3) is 0.577. The molecule has 2 saturated carbocycles. The molecule has 2 aliphatic carbocycles. The number of carbonyl (C=O) groups excluding carboxylic acids is 1. The Kier molecular flexibility index (Phi) is 7.06. The zero-order chi connectivity index (χ0) is 26.4. The van der Waals surface area contributed by atoms with Gasteiger partial charge in [0, 0.05) is 0 Å². The molecule has 200 valence electrons. The largest absolute Gasteiger partial charge is 0.347 e. The molecule has 2 aromatic rings. The number of nitrogens with one attached hydrogen (secondary N) is 1. The molecule has 1 aromatic carbocycles. The summed E-state index contributed by atoms with van der Waals surface area (Å²) in [4.78, 5) is 22.2. The van der Waals surface area contributed by atoms with Gasteiger partial charge in [0.2, 0.25) is 5.91 Å². The van der Waals surface area contributed by atoms with Gasteiger partial charge in [-0.3, -0.25) is 9.78 Å². The molecule has 3 fully saturated rings. The first-order valence-electron chi connectivity index (χ1n) is 12.6. The molecule has 11 heteroatoms. The molecule has 0 radical (unpaired) electrons. The summed E-state index contributed by atoms with van der Waals surface area (Å²) < 4.78 is 64.2. The number of benzene rings is 1. The molecule has 1 aliphatic heterocycles. The molecular weight excluding hydrogens is 504 g/mol. The summed E-state index contributed by atoms with van der Waals surface area (Å²) in [6.45, 7) is 3.96. The second-order valence-electron chi connectivity index (χ2n) is 10.6. The average molecular weight is 536 g/mol. The second kappa shape index (κ2) is 9.99. The number of hydrogen-bond donors (Lipinski definition) is 1. The highest BCUT2D eigenvalue weighted by Gasteiger charge is 2.39. The van der Waals surface area contributed by atoms with Crippen molar-refractivity contribution in [1.29, 1.82) is 0 Å². The van der Waals surface area contributed by atoms with Crippen molar-refractivity contribution in [1.82, 2.24) is 9.97 Å². The van der Waals surface area contributed by atoms with E-state index in [1.54, 1.807) is 12.1 Å². The molecule has 0 bridgehead atoms. The van der Waals surface area contributed by atoms with Gasteiger partial charge >= 0.3 is 0 Å². The van der Waals surface area contributed by atoms with Crippen LogP contribution in [0.25, 0.3) is 0 Å². The maximum absolute atomic E-state index is 13.9. The summed E-state index contributed by atoms with van der Waals surface area (Å²) >= 11 is 0. The molecule has 1 aromatic heterocycles. The molecule has 1 saturated heterocycles. The Labute approximate surface area is 215 Å². The third kappa shape index (κ3) is 5.83. The molecule has 1 N–H and O–H groups in total. The Bertz CT molecular complexity index is 1230. The summed E-state index contributed by atoms with van der Waals surface area (Å²) in [5.74, 6) is -1.94. The quantitative estimate of drug-likeness (QED) is 0.533. The monoisotopic (exact) mass is 535 g/mol. The molecule has 8 nitrogen and oxygen atoms in total. The third-order valence-corrected chi connectivity index (χ3v) is 9.51. The van der Waals surface area contributed by atoms with E-state index in [1.165, 1.54) is 24.5 Å². The number of carbonyl (C=O) groups is 1. The summed E-state index contributed by atoms with van der Waals surface area (Å²) in [5, 5.41) is 2.41. The normalized spacial score (nSPS) is 28.2. The Balaban J connectivity index is 1.32. The van der Waals surface area contributed by atoms with Crippen LogP contribution >= 0.6 is 0 Å². The van der Waals surface area contributed by atoms with E-state index >= 15 is 0 Å². The molecule has 5 rings (SSSR count). The summed E-state index contributed by atoms with van der Waals surface area (Å²) in [6.07, 6.45) is 1.14. The smallest absolute Gasteiger partial charge is 0.233 e. The molecule has 3 aliphatic rings. The number of rotatable bonds is 8. The van der Waals surface area contributed by atoms with E-state index in [9.17, 15) is 22.0 Å². The van der Waals surface area contributed by atoms with Gasteiger partial charge in [-0.05, 0) is 69.6 Å². The van der Waals surface area contributed by atoms with E-state index in [4.69, 9.17) is 9.47 Å². The number of nitrogens with zero attached hydrogens (tertiary/aromatic N) is 2. The molecule has 1 amide bonds. The number of anilines is 1. The predicted molar refractivity (Wildman–Crippen MR) is 131 cm³/mol. The van der Waals surface area contributed by atoms with Gasteiger partial charge in [-0.15, -0.1) is 0 Å². The Hall–Kier alpha value is -2.50. The van der Waals surface area contributed by atoms with Crippen LogP contribution in [0.4, 0.5) is 14.6 Å². The van der Waals surface area contributed by atoms with Crippen LogP contribution in [0.1, 0.15) is 69.2 Å². The summed E-state index contributed by atoms with van der Waals surface area (Å²) in [5.41, 5.74) is 1.15. The molecular formula is C26H31F2N3O5S. The van der Waals surface area contributed by atoms with Crippen LogP contribution in [0.5, 0.6) is 0 Å². The first-order valence-corrected chi connectivity index (χ1v) is 14.1. The Morgan fingerprint density at radius 2 is 1.78 bits per heavy atom. The van der Waals surface area contributed by atoms with E-state index in [0.29, 0.717) is 30.7 Å². The lowest BCUT2D eigenvalue weighted by Gasteiger charge is -2.21. The van der Waals surface area contributed by atoms with E-state index in [1.807, 2.05) is 13.8 Å². The van der Waals surface area contributed by atoms with Crippen molar-refractivity contribution in [3.63, 3.8) is 0 Å².